The van der Waals surface area contributed by atoms with E-state index in [0.717, 1.165) is 12.9 Å². The van der Waals surface area contributed by atoms with E-state index < -0.39 is 13.7 Å². The minimum atomic E-state index is -3.87. The summed E-state index contributed by atoms with van der Waals surface area (Å²) < 4.78 is 20.7. The minimum Gasteiger partial charge on any atom is -0.390 e. The minimum absolute atomic E-state index is 0.200. The molecule has 1 aliphatic rings. The summed E-state index contributed by atoms with van der Waals surface area (Å²) in [7, 11) is 0.794. The van der Waals surface area contributed by atoms with E-state index in [1.807, 2.05) is 7.85 Å². The molecule has 0 heterocycles. The molecule has 0 spiro atoms. The molecule has 2 N–H and O–H groups in total. The van der Waals surface area contributed by atoms with Crippen LogP contribution in [0.25, 0.3) is 0 Å². The van der Waals surface area contributed by atoms with E-state index >= 15 is 0 Å². The third-order valence-electron chi connectivity index (χ3n) is 2.96. The number of aliphatic hydroxyl groups excluding tert-OH is 1. The highest BCUT2D eigenvalue weighted by atomic mass is 31.2. The Morgan fingerprint density at radius 3 is 2.59 bits per heavy atom. The second kappa shape index (κ2) is 6.13. The van der Waals surface area contributed by atoms with Gasteiger partial charge in [0, 0.05) is 18.8 Å². The maximum absolute atomic E-state index is 11.3. The maximum atomic E-state index is 11.3. The zero-order valence-corrected chi connectivity index (χ0v) is 11.0. The summed E-state index contributed by atoms with van der Waals surface area (Å²) in [4.78, 5) is 13.4. The average molecular weight is 264 g/mol. The molecule has 5 unspecified atom stereocenters. The molecule has 98 valence electrons. The molecule has 6 nitrogen and oxygen atoms in total. The maximum Gasteiger partial charge on any atom is 0.378 e. The summed E-state index contributed by atoms with van der Waals surface area (Å²) in [6, 6.07) is 0. The molecular formula is C9H18BO6P. The molecule has 0 aromatic heterocycles. The van der Waals surface area contributed by atoms with Crippen LogP contribution in [-0.2, 0) is 18.9 Å². The molecule has 1 rings (SSSR count). The van der Waals surface area contributed by atoms with Crippen molar-refractivity contribution in [3.63, 3.8) is 0 Å². The first kappa shape index (κ1) is 14.9. The Hall–Kier alpha value is -0.165. The van der Waals surface area contributed by atoms with Gasteiger partial charge in [-0.15, -0.1) is 4.67 Å². The van der Waals surface area contributed by atoms with E-state index in [2.05, 4.69) is 9.56 Å². The van der Waals surface area contributed by atoms with Crippen LogP contribution in [0.3, 0.4) is 0 Å². The molecule has 0 saturated heterocycles. The monoisotopic (exact) mass is 264 g/mol. The van der Waals surface area contributed by atoms with Crippen LogP contribution in [0.5, 0.6) is 0 Å². The van der Waals surface area contributed by atoms with Gasteiger partial charge in [-0.05, 0) is 12.2 Å². The molecule has 17 heavy (non-hydrogen) atoms. The van der Waals surface area contributed by atoms with E-state index in [0.29, 0.717) is 6.42 Å². The first-order chi connectivity index (χ1) is 7.91. The van der Waals surface area contributed by atoms with Crippen molar-refractivity contribution < 1.29 is 28.9 Å². The Bertz CT molecular complexity index is 323. The van der Waals surface area contributed by atoms with Gasteiger partial charge in [-0.3, -0.25) is 4.57 Å². The van der Waals surface area contributed by atoms with Crippen molar-refractivity contribution in [1.29, 1.82) is 0 Å². The lowest BCUT2D eigenvalue weighted by molar-refractivity contribution is -0.183. The van der Waals surface area contributed by atoms with Crippen LogP contribution in [0.1, 0.15) is 6.42 Å². The van der Waals surface area contributed by atoms with Crippen LogP contribution >= 0.6 is 7.60 Å². The molecule has 0 amide bonds. The largest absolute Gasteiger partial charge is 0.390 e. The van der Waals surface area contributed by atoms with Gasteiger partial charge in [0.15, 0.2) is 0 Å². The number of methoxy groups -OCH3 is 1. The molecule has 0 aromatic carbocycles. The lowest BCUT2D eigenvalue weighted by Gasteiger charge is -2.18. The Morgan fingerprint density at radius 1 is 1.47 bits per heavy atom. The molecule has 1 saturated carbocycles. The van der Waals surface area contributed by atoms with E-state index in [1.165, 1.54) is 6.08 Å². The summed E-state index contributed by atoms with van der Waals surface area (Å²) >= 11 is 0. The van der Waals surface area contributed by atoms with Crippen LogP contribution in [-0.4, -0.2) is 44.3 Å². The fourth-order valence-corrected chi connectivity index (χ4v) is 2.90. The van der Waals surface area contributed by atoms with Crippen molar-refractivity contribution in [2.24, 2.45) is 5.92 Å². The average Bonchev–Trinajstić information content (AvgIpc) is 2.51. The molecular weight excluding hydrogens is 246 g/mol. The van der Waals surface area contributed by atoms with E-state index in [1.54, 1.807) is 7.11 Å². The van der Waals surface area contributed by atoms with Crippen LogP contribution in [0.4, 0.5) is 0 Å². The van der Waals surface area contributed by atoms with Gasteiger partial charge in [0.05, 0.1) is 19.3 Å². The van der Waals surface area contributed by atoms with Gasteiger partial charge < -0.3 is 14.7 Å². The fourth-order valence-electron chi connectivity index (χ4n) is 2.20. The molecule has 0 bridgehead atoms. The normalized spacial score (nSPS) is 37.4. The van der Waals surface area contributed by atoms with Gasteiger partial charge in [0.2, 0.25) is 0 Å². The molecule has 0 aromatic rings. The Kier molecular flexibility index (Phi) is 5.37. The first-order valence-electron chi connectivity index (χ1n) is 5.36. The predicted molar refractivity (Wildman–Crippen MR) is 64.3 cm³/mol. The standard InChI is InChI=1S/C9H18BO6P/c1-14-9-7(10)5-6(8(9)11)3-4-17(12,13)16-15-2/h3-4,6-9,11H,5,10H2,1-2H3,(H,12,13)/b4-3+. The van der Waals surface area contributed by atoms with Crippen LogP contribution < -0.4 is 0 Å². The van der Waals surface area contributed by atoms with Crippen molar-refractivity contribution in [2.45, 2.75) is 24.4 Å². The van der Waals surface area contributed by atoms with Gasteiger partial charge in [0.25, 0.3) is 0 Å². The SMILES string of the molecule is BC1CC(/C=C/P(=O)(O)OOC)C(O)C1OC. The topological polar surface area (TPSA) is 85.2 Å². The summed E-state index contributed by atoms with van der Waals surface area (Å²) in [6.07, 6.45) is 1.27. The number of aliphatic hydroxyl groups is 1. The quantitative estimate of drug-likeness (QED) is 0.316. The number of ether oxygens (including phenoxy) is 1. The first-order valence-corrected chi connectivity index (χ1v) is 7.01. The third-order valence-corrected chi connectivity index (χ3v) is 3.87. The highest BCUT2D eigenvalue weighted by molar-refractivity contribution is 7.56. The highest BCUT2D eigenvalue weighted by Gasteiger charge is 2.39. The van der Waals surface area contributed by atoms with Crippen molar-refractivity contribution in [3.05, 3.63) is 11.9 Å². The highest BCUT2D eigenvalue weighted by Crippen LogP contribution is 2.45. The van der Waals surface area contributed by atoms with Crippen molar-refractivity contribution in [3.8, 4) is 0 Å². The molecule has 1 aliphatic carbocycles. The summed E-state index contributed by atoms with van der Waals surface area (Å²) in [5.41, 5.74) is 0. The van der Waals surface area contributed by atoms with Gasteiger partial charge in [-0.25, -0.2) is 4.89 Å². The Labute approximate surface area is 101 Å². The fraction of sp³-hybridized carbons (Fsp3) is 0.778. The van der Waals surface area contributed by atoms with Crippen LogP contribution in [0.2, 0.25) is 5.82 Å². The lowest BCUT2D eigenvalue weighted by Crippen LogP contribution is -2.28. The summed E-state index contributed by atoms with van der Waals surface area (Å²) in [6.45, 7) is 0. The van der Waals surface area contributed by atoms with Crippen LogP contribution in [0.15, 0.2) is 11.9 Å². The molecule has 0 radical (unpaired) electrons. The van der Waals surface area contributed by atoms with Gasteiger partial charge in [-0.2, -0.15) is 0 Å². The van der Waals surface area contributed by atoms with Crippen molar-refractivity contribution in [1.82, 2.24) is 0 Å². The Balaban J connectivity index is 2.64. The lowest BCUT2D eigenvalue weighted by atomic mass is 9.83. The second-order valence-electron chi connectivity index (χ2n) is 4.21. The summed E-state index contributed by atoms with van der Waals surface area (Å²) in [5.74, 6) is 1.02. The molecule has 5 atom stereocenters. The van der Waals surface area contributed by atoms with Crippen molar-refractivity contribution >= 4 is 15.4 Å². The van der Waals surface area contributed by atoms with Gasteiger partial charge >= 0.3 is 7.60 Å². The van der Waals surface area contributed by atoms with Crippen LogP contribution in [0, 0.1) is 5.92 Å². The summed E-state index contributed by atoms with van der Waals surface area (Å²) in [5, 5.41) is 9.93. The predicted octanol–water partition coefficient (Wildman–Crippen LogP) is 0.0809. The van der Waals surface area contributed by atoms with E-state index in [-0.39, 0.29) is 17.8 Å². The zero-order chi connectivity index (χ0) is 13.1. The van der Waals surface area contributed by atoms with E-state index in [4.69, 9.17) is 4.74 Å². The molecule has 8 heteroatoms. The second-order valence-corrected chi connectivity index (χ2v) is 5.79. The smallest absolute Gasteiger partial charge is 0.378 e. The van der Waals surface area contributed by atoms with E-state index in [9.17, 15) is 14.6 Å². The molecule has 1 fully saturated rings. The van der Waals surface area contributed by atoms with Gasteiger partial charge in [-0.1, -0.05) is 6.08 Å². The Morgan fingerprint density at radius 2 is 2.12 bits per heavy atom. The van der Waals surface area contributed by atoms with Gasteiger partial charge in [0.1, 0.15) is 7.85 Å². The zero-order valence-electron chi connectivity index (χ0n) is 10.1. The molecule has 0 aliphatic heterocycles. The van der Waals surface area contributed by atoms with Crippen molar-refractivity contribution in [2.75, 3.05) is 14.2 Å². The number of hydrogen-bond acceptors (Lipinski definition) is 5. The third kappa shape index (κ3) is 3.91. The number of rotatable bonds is 5. The number of hydrogen-bond donors (Lipinski definition) is 2.